The molecule has 0 aliphatic heterocycles. The molecule has 0 aliphatic carbocycles. The van der Waals surface area contributed by atoms with Gasteiger partial charge in [0, 0.05) is 0 Å². The van der Waals surface area contributed by atoms with Crippen molar-refractivity contribution in [3.8, 4) is 5.75 Å². The van der Waals surface area contributed by atoms with Crippen molar-refractivity contribution >= 4 is 0 Å². The largest absolute Gasteiger partial charge is 0.508 e. The zero-order chi connectivity index (χ0) is 29.1. The highest BCUT2D eigenvalue weighted by Crippen LogP contribution is 2.36. The van der Waals surface area contributed by atoms with E-state index in [2.05, 4.69) is 92.5 Å². The van der Waals surface area contributed by atoms with Crippen LogP contribution in [0.2, 0.25) is 0 Å². The molecule has 0 radical (unpaired) electrons. The summed E-state index contributed by atoms with van der Waals surface area (Å²) in [7, 11) is 0. The molecule has 0 fully saturated rings. The molecule has 2 N–H and O–H groups in total. The molecular weight excluding hydrogens is 468 g/mol. The summed E-state index contributed by atoms with van der Waals surface area (Å²) in [5.41, 5.74) is 6.14. The van der Waals surface area contributed by atoms with E-state index in [1.165, 1.54) is 11.1 Å². The number of phenols is 1. The minimum absolute atomic E-state index is 0.105. The fraction of sp³-hybridized carbons (Fsp3) is 0.543. The van der Waals surface area contributed by atoms with Crippen LogP contribution in [0.5, 0.6) is 5.75 Å². The van der Waals surface area contributed by atoms with E-state index in [-0.39, 0.29) is 16.6 Å². The number of benzene rings is 1. The van der Waals surface area contributed by atoms with Gasteiger partial charge in [0.25, 0.3) is 0 Å². The highest BCUT2D eigenvalue weighted by molar-refractivity contribution is 5.47. The van der Waals surface area contributed by atoms with Gasteiger partial charge in [-0.15, -0.1) is 6.58 Å². The molecule has 1 aromatic rings. The number of aromatic hydroxyl groups is 1. The molecule has 1 aromatic carbocycles. The Labute approximate surface area is 233 Å². The quantitative estimate of drug-likeness (QED) is 0.104. The third-order valence-electron chi connectivity index (χ3n) is 6.60. The number of phenolic OH excluding ortho intramolecular Hbond substituents is 1. The number of rotatable bonds is 15. The Balaban J connectivity index is 3.23. The van der Waals surface area contributed by atoms with Crippen LogP contribution in [0.1, 0.15) is 111 Å². The topological polar surface area (TPSA) is 49.7 Å². The summed E-state index contributed by atoms with van der Waals surface area (Å²) in [4.78, 5) is 0. The van der Waals surface area contributed by atoms with E-state index in [0.717, 1.165) is 79.4 Å². The van der Waals surface area contributed by atoms with Gasteiger partial charge in [-0.1, -0.05) is 90.1 Å². The first-order valence-electron chi connectivity index (χ1n) is 14.1. The van der Waals surface area contributed by atoms with Crippen LogP contribution in [0, 0.1) is 5.41 Å². The van der Waals surface area contributed by atoms with Crippen molar-refractivity contribution in [2.45, 2.75) is 112 Å². The summed E-state index contributed by atoms with van der Waals surface area (Å²) < 4.78 is 5.57. The standard InChI is InChI=1S/C35H54O3/c1-25(2)16-12-13-17-29-22-30(33(37)32(24-29)35(9,10)11)20-14-18-28(19-15-21-38-26(3)4)23-31(27(5)36)34(6,7)8/h18,22-24,36-37H,1,3,5,12-17,19-21H2,2,4,6-11H3/b28-18-,31-23+. The molecule has 0 bridgehead atoms. The van der Waals surface area contributed by atoms with Crippen molar-refractivity contribution in [2.75, 3.05) is 6.61 Å². The summed E-state index contributed by atoms with van der Waals surface area (Å²) in [5, 5.41) is 21.5. The molecule has 0 aromatic heterocycles. The average Bonchev–Trinajstić information content (AvgIpc) is 2.76. The maximum absolute atomic E-state index is 11.2. The van der Waals surface area contributed by atoms with Crippen LogP contribution in [0.3, 0.4) is 0 Å². The molecule has 0 amide bonds. The monoisotopic (exact) mass is 522 g/mol. The molecule has 0 unspecified atom stereocenters. The van der Waals surface area contributed by atoms with Gasteiger partial charge in [-0.3, -0.25) is 0 Å². The highest BCUT2D eigenvalue weighted by atomic mass is 16.5. The Morgan fingerprint density at radius 3 is 2.11 bits per heavy atom. The van der Waals surface area contributed by atoms with Crippen molar-refractivity contribution in [1.82, 2.24) is 0 Å². The zero-order valence-corrected chi connectivity index (χ0v) is 25.6. The third kappa shape index (κ3) is 12.2. The van der Waals surface area contributed by atoms with Crippen LogP contribution in [0.4, 0.5) is 0 Å². The van der Waals surface area contributed by atoms with Crippen LogP contribution in [-0.4, -0.2) is 16.8 Å². The first-order valence-corrected chi connectivity index (χ1v) is 14.1. The van der Waals surface area contributed by atoms with Gasteiger partial charge in [0.15, 0.2) is 0 Å². The van der Waals surface area contributed by atoms with E-state index in [1.54, 1.807) is 0 Å². The summed E-state index contributed by atoms with van der Waals surface area (Å²) in [5.74, 6) is 1.24. The number of unbranched alkanes of at least 4 members (excludes halogenated alkanes) is 1. The zero-order valence-electron chi connectivity index (χ0n) is 25.6. The van der Waals surface area contributed by atoms with Gasteiger partial charge in [0.1, 0.15) is 11.5 Å². The highest BCUT2D eigenvalue weighted by Gasteiger charge is 2.22. The Bertz CT molecular complexity index is 1020. The average molecular weight is 523 g/mol. The first-order chi connectivity index (χ1) is 17.5. The van der Waals surface area contributed by atoms with Crippen LogP contribution < -0.4 is 0 Å². The number of ether oxygens (including phenoxy) is 1. The molecule has 0 atom stereocenters. The lowest BCUT2D eigenvalue weighted by molar-refractivity contribution is 0.212. The lowest BCUT2D eigenvalue weighted by Crippen LogP contribution is -2.13. The SMILES string of the molecule is C=C(C)CCCCc1cc(CC/C=C(\C=C(/C(=C)O)C(C)(C)C)CCCOC(=C)C)c(O)c(C(C)(C)C)c1. The van der Waals surface area contributed by atoms with E-state index in [4.69, 9.17) is 4.74 Å². The van der Waals surface area contributed by atoms with Crippen molar-refractivity contribution in [2.24, 2.45) is 5.41 Å². The number of allylic oxidation sites excluding steroid dienone is 6. The molecule has 0 saturated carbocycles. The molecule has 212 valence electrons. The normalized spacial score (nSPS) is 12.9. The Kier molecular flexibility index (Phi) is 13.2. The van der Waals surface area contributed by atoms with Crippen molar-refractivity contribution < 1.29 is 14.9 Å². The fourth-order valence-corrected chi connectivity index (χ4v) is 4.51. The summed E-state index contributed by atoms with van der Waals surface area (Å²) in [6, 6.07) is 4.37. The fourth-order valence-electron chi connectivity index (χ4n) is 4.51. The van der Waals surface area contributed by atoms with E-state index in [9.17, 15) is 10.2 Å². The van der Waals surface area contributed by atoms with Crippen LogP contribution >= 0.6 is 0 Å². The van der Waals surface area contributed by atoms with Crippen LogP contribution in [0.15, 0.2) is 72.3 Å². The van der Waals surface area contributed by atoms with Crippen LogP contribution in [0.25, 0.3) is 0 Å². The van der Waals surface area contributed by atoms with Gasteiger partial charge in [-0.2, -0.15) is 0 Å². The first kappa shape index (κ1) is 33.3. The predicted octanol–water partition coefficient (Wildman–Crippen LogP) is 10.2. The molecule has 3 nitrogen and oxygen atoms in total. The third-order valence-corrected chi connectivity index (χ3v) is 6.60. The second-order valence-electron chi connectivity index (χ2n) is 12.8. The molecule has 1 rings (SSSR count). The van der Waals surface area contributed by atoms with Gasteiger partial charge < -0.3 is 14.9 Å². The Hall–Kier alpha value is -2.68. The lowest BCUT2D eigenvalue weighted by atomic mass is 9.82. The van der Waals surface area contributed by atoms with E-state index in [1.807, 2.05) is 6.92 Å². The maximum Gasteiger partial charge on any atom is 0.122 e. The second-order valence-corrected chi connectivity index (χ2v) is 12.8. The molecule has 0 heterocycles. The van der Waals surface area contributed by atoms with Crippen molar-refractivity contribution in [3.63, 3.8) is 0 Å². The maximum atomic E-state index is 11.2. The summed E-state index contributed by atoms with van der Waals surface area (Å²) in [6.45, 7) is 28.9. The number of aliphatic hydroxyl groups excluding tert-OH is 1. The minimum atomic E-state index is -0.225. The van der Waals surface area contributed by atoms with Gasteiger partial charge in [0.05, 0.1) is 12.4 Å². The molecule has 0 aliphatic rings. The minimum Gasteiger partial charge on any atom is -0.508 e. The number of hydrogen-bond donors (Lipinski definition) is 2. The Morgan fingerprint density at radius 2 is 1.58 bits per heavy atom. The molecular formula is C35H54O3. The van der Waals surface area contributed by atoms with Crippen molar-refractivity contribution in [3.05, 3.63) is 88.9 Å². The summed E-state index contributed by atoms with van der Waals surface area (Å²) >= 11 is 0. The van der Waals surface area contributed by atoms with Crippen molar-refractivity contribution in [1.29, 1.82) is 0 Å². The van der Waals surface area contributed by atoms with E-state index < -0.39 is 0 Å². The van der Waals surface area contributed by atoms with E-state index in [0.29, 0.717) is 12.4 Å². The van der Waals surface area contributed by atoms with Gasteiger partial charge in [-0.05, 0) is 98.3 Å². The number of hydrogen-bond acceptors (Lipinski definition) is 3. The Morgan fingerprint density at radius 1 is 0.921 bits per heavy atom. The second kappa shape index (κ2) is 15.0. The molecule has 0 saturated heterocycles. The van der Waals surface area contributed by atoms with Gasteiger partial charge in [-0.25, -0.2) is 0 Å². The number of aryl methyl sites for hydroxylation is 2. The lowest BCUT2D eigenvalue weighted by Gasteiger charge is -2.24. The smallest absolute Gasteiger partial charge is 0.122 e. The molecule has 3 heteroatoms. The van der Waals surface area contributed by atoms with Gasteiger partial charge >= 0.3 is 0 Å². The molecule has 0 spiro atoms. The molecule has 38 heavy (non-hydrogen) atoms. The van der Waals surface area contributed by atoms with E-state index >= 15 is 0 Å². The summed E-state index contributed by atoms with van der Waals surface area (Å²) in [6.07, 6.45) is 11.8. The van der Waals surface area contributed by atoms with Crippen LogP contribution in [-0.2, 0) is 23.0 Å². The van der Waals surface area contributed by atoms with Gasteiger partial charge in [0.2, 0.25) is 0 Å². The predicted molar refractivity (Wildman–Crippen MR) is 165 cm³/mol. The number of aliphatic hydroxyl groups is 1.